The maximum absolute atomic E-state index is 12.7. The van der Waals surface area contributed by atoms with Crippen LogP contribution in [-0.4, -0.2) is 35.8 Å². The van der Waals surface area contributed by atoms with Gasteiger partial charge in [0.15, 0.2) is 5.13 Å². The minimum atomic E-state index is -0.0587. The Kier molecular flexibility index (Phi) is 4.13. The maximum Gasteiger partial charge on any atom is 0.265 e. The fraction of sp³-hybridized carbons (Fsp3) is 0.737. The molecule has 1 aromatic rings. The Bertz CT molecular complexity index is 674. The Labute approximate surface area is 153 Å². The van der Waals surface area contributed by atoms with Crippen LogP contribution in [0.4, 0.5) is 5.13 Å². The summed E-state index contributed by atoms with van der Waals surface area (Å²) in [5.74, 6) is 2.57. The summed E-state index contributed by atoms with van der Waals surface area (Å²) in [6.45, 7) is 1.82. The standard InChI is InChI=1S/C19H27N3O2S/c1-11-16(17(24)22(2)3)25-18(20-11)21-15(23)10-19-7-12-4-13(8-19)6-14(5-12)9-19/h12-14H,4-10H2,1-3H3,(H,20,21,23). The quantitative estimate of drug-likeness (QED) is 0.889. The number of aryl methyl sites for hydroxylation is 1. The molecule has 0 aliphatic heterocycles. The molecular formula is C19H27N3O2S. The lowest BCUT2D eigenvalue weighted by Gasteiger charge is -2.56. The number of anilines is 1. The maximum atomic E-state index is 12.7. The van der Waals surface area contributed by atoms with Gasteiger partial charge < -0.3 is 10.2 Å². The van der Waals surface area contributed by atoms with Crippen LogP contribution in [0.3, 0.4) is 0 Å². The van der Waals surface area contributed by atoms with Crippen LogP contribution in [0, 0.1) is 30.1 Å². The minimum absolute atomic E-state index is 0.0587. The van der Waals surface area contributed by atoms with Crippen LogP contribution in [0.5, 0.6) is 0 Å². The Hall–Kier alpha value is -1.43. The average Bonchev–Trinajstić information content (AvgIpc) is 2.84. The van der Waals surface area contributed by atoms with E-state index in [1.165, 1.54) is 49.9 Å². The summed E-state index contributed by atoms with van der Waals surface area (Å²) in [7, 11) is 3.46. The van der Waals surface area contributed by atoms with E-state index in [2.05, 4.69) is 10.3 Å². The molecule has 4 aliphatic carbocycles. The van der Waals surface area contributed by atoms with Gasteiger partial charge in [-0.15, -0.1) is 0 Å². The molecule has 25 heavy (non-hydrogen) atoms. The number of carbonyl (C=O) groups excluding carboxylic acids is 2. The van der Waals surface area contributed by atoms with Gasteiger partial charge >= 0.3 is 0 Å². The number of carbonyl (C=O) groups is 2. The molecule has 1 N–H and O–H groups in total. The summed E-state index contributed by atoms with van der Waals surface area (Å²) in [5, 5.41) is 3.52. The zero-order valence-corrected chi connectivity index (χ0v) is 16.1. The van der Waals surface area contributed by atoms with Crippen LogP contribution in [0.25, 0.3) is 0 Å². The van der Waals surface area contributed by atoms with Gasteiger partial charge in [-0.05, 0) is 68.6 Å². The smallest absolute Gasteiger partial charge is 0.265 e. The molecule has 4 bridgehead atoms. The summed E-state index contributed by atoms with van der Waals surface area (Å²) >= 11 is 1.28. The first kappa shape index (κ1) is 17.0. The van der Waals surface area contributed by atoms with Gasteiger partial charge in [0.2, 0.25) is 5.91 Å². The number of nitrogens with zero attached hydrogens (tertiary/aromatic N) is 2. The van der Waals surface area contributed by atoms with Crippen LogP contribution in [0.1, 0.15) is 60.3 Å². The van der Waals surface area contributed by atoms with Gasteiger partial charge in [-0.2, -0.15) is 0 Å². The molecule has 0 radical (unpaired) electrons. The topological polar surface area (TPSA) is 62.3 Å². The highest BCUT2D eigenvalue weighted by atomic mass is 32.1. The average molecular weight is 362 g/mol. The molecule has 0 saturated heterocycles. The monoisotopic (exact) mass is 361 g/mol. The van der Waals surface area contributed by atoms with E-state index in [-0.39, 0.29) is 17.2 Å². The highest BCUT2D eigenvalue weighted by molar-refractivity contribution is 7.17. The molecule has 1 heterocycles. The summed E-state index contributed by atoms with van der Waals surface area (Å²) < 4.78 is 0. The number of nitrogens with one attached hydrogen (secondary N) is 1. The van der Waals surface area contributed by atoms with Gasteiger partial charge in [0.25, 0.3) is 5.91 Å². The van der Waals surface area contributed by atoms with Gasteiger partial charge in [-0.3, -0.25) is 9.59 Å². The highest BCUT2D eigenvalue weighted by Gasteiger charge is 2.51. The van der Waals surface area contributed by atoms with E-state index in [9.17, 15) is 9.59 Å². The second-order valence-corrected chi connectivity index (χ2v) is 9.77. The molecule has 0 unspecified atom stereocenters. The number of hydrogen-bond donors (Lipinski definition) is 1. The molecule has 0 aromatic carbocycles. The van der Waals surface area contributed by atoms with Crippen LogP contribution in [0.15, 0.2) is 0 Å². The van der Waals surface area contributed by atoms with Crippen molar-refractivity contribution in [2.24, 2.45) is 23.2 Å². The van der Waals surface area contributed by atoms with Crippen LogP contribution < -0.4 is 5.32 Å². The molecule has 4 saturated carbocycles. The van der Waals surface area contributed by atoms with Crippen LogP contribution in [-0.2, 0) is 4.79 Å². The first-order chi connectivity index (χ1) is 11.8. The first-order valence-corrected chi connectivity index (χ1v) is 10.1. The highest BCUT2D eigenvalue weighted by Crippen LogP contribution is 2.61. The third kappa shape index (κ3) is 3.21. The van der Waals surface area contributed by atoms with Crippen molar-refractivity contribution in [3.63, 3.8) is 0 Å². The predicted molar refractivity (Wildman–Crippen MR) is 98.7 cm³/mol. The van der Waals surface area contributed by atoms with Gasteiger partial charge in [-0.25, -0.2) is 4.98 Å². The van der Waals surface area contributed by atoms with Gasteiger partial charge in [0.1, 0.15) is 4.88 Å². The lowest BCUT2D eigenvalue weighted by Crippen LogP contribution is -2.47. The van der Waals surface area contributed by atoms with E-state index in [1.54, 1.807) is 19.0 Å². The van der Waals surface area contributed by atoms with E-state index < -0.39 is 0 Å². The fourth-order valence-corrected chi connectivity index (χ4v) is 6.87. The number of hydrogen-bond acceptors (Lipinski definition) is 4. The number of thiazole rings is 1. The molecule has 136 valence electrons. The summed E-state index contributed by atoms with van der Waals surface area (Å²) in [5.41, 5.74) is 0.918. The van der Waals surface area contributed by atoms with Gasteiger partial charge in [0.05, 0.1) is 5.69 Å². The van der Waals surface area contributed by atoms with Crippen molar-refractivity contribution in [3.05, 3.63) is 10.6 Å². The molecule has 4 fully saturated rings. The van der Waals surface area contributed by atoms with Crippen molar-refractivity contribution >= 4 is 28.3 Å². The van der Waals surface area contributed by atoms with Crippen molar-refractivity contribution < 1.29 is 9.59 Å². The zero-order valence-electron chi connectivity index (χ0n) is 15.3. The van der Waals surface area contributed by atoms with Crippen LogP contribution in [0.2, 0.25) is 0 Å². The zero-order chi connectivity index (χ0) is 17.8. The molecule has 5 nitrogen and oxygen atoms in total. The van der Waals surface area contributed by atoms with Gasteiger partial charge in [0, 0.05) is 20.5 Å². The molecule has 0 spiro atoms. The van der Waals surface area contributed by atoms with E-state index in [0.29, 0.717) is 22.1 Å². The third-order valence-electron chi connectivity index (χ3n) is 6.34. The van der Waals surface area contributed by atoms with E-state index >= 15 is 0 Å². The first-order valence-electron chi connectivity index (χ1n) is 9.32. The number of amides is 2. The fourth-order valence-electron chi connectivity index (χ4n) is 5.86. The third-order valence-corrected chi connectivity index (χ3v) is 7.40. The largest absolute Gasteiger partial charge is 0.344 e. The Morgan fingerprint density at radius 1 is 1.16 bits per heavy atom. The van der Waals surface area contributed by atoms with Crippen molar-refractivity contribution in [1.29, 1.82) is 0 Å². The van der Waals surface area contributed by atoms with Crippen LogP contribution >= 0.6 is 11.3 Å². The van der Waals surface area contributed by atoms with E-state index in [1.807, 2.05) is 6.92 Å². The lowest BCUT2D eigenvalue weighted by molar-refractivity contribution is -0.124. The molecule has 6 heteroatoms. The number of rotatable bonds is 4. The summed E-state index contributed by atoms with van der Waals surface area (Å²) in [6, 6.07) is 0. The van der Waals surface area contributed by atoms with E-state index in [4.69, 9.17) is 0 Å². The second-order valence-electron chi connectivity index (χ2n) is 8.78. The molecule has 5 rings (SSSR count). The van der Waals surface area contributed by atoms with Crippen molar-refractivity contribution in [1.82, 2.24) is 9.88 Å². The molecule has 4 aliphatic rings. The Morgan fingerprint density at radius 2 is 1.72 bits per heavy atom. The summed E-state index contributed by atoms with van der Waals surface area (Å²) in [4.78, 5) is 31.4. The number of aromatic nitrogens is 1. The predicted octanol–water partition coefficient (Wildman–Crippen LogP) is 3.70. The second kappa shape index (κ2) is 6.08. The van der Waals surface area contributed by atoms with E-state index in [0.717, 1.165) is 17.8 Å². The van der Waals surface area contributed by atoms with Crippen molar-refractivity contribution in [2.45, 2.75) is 51.9 Å². The SMILES string of the molecule is Cc1nc(NC(=O)CC23CC4CC(CC(C4)C2)C3)sc1C(=O)N(C)C. The lowest BCUT2D eigenvalue weighted by atomic mass is 9.49. The Morgan fingerprint density at radius 3 is 2.24 bits per heavy atom. The van der Waals surface area contributed by atoms with Gasteiger partial charge in [-0.1, -0.05) is 11.3 Å². The molecule has 1 aromatic heterocycles. The van der Waals surface area contributed by atoms with Crippen molar-refractivity contribution in [2.75, 3.05) is 19.4 Å². The molecular weight excluding hydrogens is 334 g/mol. The summed E-state index contributed by atoms with van der Waals surface area (Å²) in [6.07, 6.45) is 8.48. The molecule has 0 atom stereocenters. The normalized spacial score (nSPS) is 32.7. The minimum Gasteiger partial charge on any atom is -0.344 e. The Balaban J connectivity index is 1.43. The molecule has 2 amide bonds. The van der Waals surface area contributed by atoms with Crippen molar-refractivity contribution in [3.8, 4) is 0 Å².